The monoisotopic (exact) mass is 426 g/mol. The molecule has 0 aliphatic carbocycles. The Labute approximate surface area is 187 Å². The molecule has 3 aliphatic heterocycles. The molecule has 1 atom stereocenters. The molecule has 0 bridgehead atoms. The van der Waals surface area contributed by atoms with Crippen LogP contribution in [-0.4, -0.2) is 73.0 Å². The van der Waals surface area contributed by atoms with Gasteiger partial charge in [-0.3, -0.25) is 14.5 Å². The average Bonchev–Trinajstić information content (AvgIpc) is 3.22. The highest BCUT2D eigenvalue weighted by molar-refractivity contribution is 6.03. The minimum Gasteiger partial charge on any atom is -0.354 e. The summed E-state index contributed by atoms with van der Waals surface area (Å²) in [7, 11) is 0. The molecule has 2 saturated heterocycles. The van der Waals surface area contributed by atoms with Crippen LogP contribution in [0.1, 0.15) is 57.4 Å². The van der Waals surface area contributed by atoms with Gasteiger partial charge in [-0.2, -0.15) is 0 Å². The lowest BCUT2D eigenvalue weighted by atomic mass is 10.00. The van der Waals surface area contributed by atoms with Crippen LogP contribution in [0.3, 0.4) is 0 Å². The summed E-state index contributed by atoms with van der Waals surface area (Å²) in [6.07, 6.45) is 8.67. The number of hydrogen-bond acceptors (Lipinski definition) is 4. The number of carbonyl (C=O) groups is 2. The first-order valence-corrected chi connectivity index (χ1v) is 12.3. The van der Waals surface area contributed by atoms with Crippen LogP contribution in [0.25, 0.3) is 0 Å². The molecule has 0 unspecified atom stereocenters. The van der Waals surface area contributed by atoms with Gasteiger partial charge in [0.05, 0.1) is 0 Å². The Balaban J connectivity index is 1.19. The molecule has 6 heteroatoms. The highest BCUT2D eigenvalue weighted by atomic mass is 16.2. The predicted molar refractivity (Wildman–Crippen MR) is 124 cm³/mol. The van der Waals surface area contributed by atoms with Crippen LogP contribution in [0.15, 0.2) is 24.3 Å². The highest BCUT2D eigenvalue weighted by Crippen LogP contribution is 2.32. The lowest BCUT2D eigenvalue weighted by molar-refractivity contribution is -0.126. The fourth-order valence-electron chi connectivity index (χ4n) is 5.50. The highest BCUT2D eigenvalue weighted by Gasteiger charge is 2.37. The van der Waals surface area contributed by atoms with Crippen LogP contribution in [0, 0.1) is 0 Å². The van der Waals surface area contributed by atoms with E-state index in [1.807, 2.05) is 31.2 Å². The summed E-state index contributed by atoms with van der Waals surface area (Å²) in [5.41, 5.74) is 1.98. The molecule has 3 heterocycles. The van der Waals surface area contributed by atoms with Crippen molar-refractivity contribution < 1.29 is 9.59 Å². The molecule has 170 valence electrons. The van der Waals surface area contributed by atoms with E-state index in [0.717, 1.165) is 30.3 Å². The minimum atomic E-state index is -0.412. The number of fused-ring (bicyclic) bond motifs is 1. The zero-order valence-electron chi connectivity index (χ0n) is 19.0. The molecule has 0 spiro atoms. The number of likely N-dealkylation sites (tertiary alicyclic amines) is 2. The molecule has 3 aliphatic rings. The molecule has 2 amide bonds. The summed E-state index contributed by atoms with van der Waals surface area (Å²) in [6, 6.07) is 8.24. The number of benzene rings is 1. The Morgan fingerprint density at radius 2 is 1.77 bits per heavy atom. The quantitative estimate of drug-likeness (QED) is 0.682. The maximum Gasteiger partial charge on any atom is 0.243 e. The van der Waals surface area contributed by atoms with Gasteiger partial charge < -0.3 is 15.1 Å². The predicted octanol–water partition coefficient (Wildman–Crippen LogP) is 2.81. The van der Waals surface area contributed by atoms with Crippen molar-refractivity contribution in [3.8, 4) is 0 Å². The van der Waals surface area contributed by atoms with Crippen molar-refractivity contribution in [2.75, 3.05) is 44.2 Å². The number of amides is 2. The average molecular weight is 427 g/mol. The molecule has 0 aromatic heterocycles. The zero-order valence-corrected chi connectivity index (χ0v) is 19.0. The normalized spacial score (nSPS) is 23.0. The van der Waals surface area contributed by atoms with E-state index in [0.29, 0.717) is 19.4 Å². The van der Waals surface area contributed by atoms with Gasteiger partial charge in [0.15, 0.2) is 0 Å². The molecular formula is C25H38N4O2. The number of hydrogen-bond donors (Lipinski definition) is 1. The fraction of sp³-hybridized carbons (Fsp3) is 0.680. The van der Waals surface area contributed by atoms with Crippen molar-refractivity contribution in [2.45, 2.75) is 70.4 Å². The number of nitrogens with zero attached hydrogens (tertiary/aromatic N) is 3. The lowest BCUT2D eigenvalue weighted by Gasteiger charge is -2.40. The third-order valence-corrected chi connectivity index (χ3v) is 7.26. The summed E-state index contributed by atoms with van der Waals surface area (Å²) in [4.78, 5) is 32.4. The van der Waals surface area contributed by atoms with Crippen molar-refractivity contribution in [3.63, 3.8) is 0 Å². The Morgan fingerprint density at radius 1 is 1.03 bits per heavy atom. The maximum atomic E-state index is 12.9. The molecule has 0 saturated carbocycles. The topological polar surface area (TPSA) is 55.9 Å². The molecule has 1 aromatic carbocycles. The zero-order chi connectivity index (χ0) is 21.6. The van der Waals surface area contributed by atoms with Gasteiger partial charge in [0.1, 0.15) is 6.04 Å². The number of carbonyl (C=O) groups excluding carboxylic acids is 2. The number of rotatable bonds is 7. The first-order valence-electron chi connectivity index (χ1n) is 12.3. The lowest BCUT2D eigenvalue weighted by Crippen LogP contribution is -2.49. The molecular weight excluding hydrogens is 388 g/mol. The van der Waals surface area contributed by atoms with E-state index in [-0.39, 0.29) is 11.8 Å². The SMILES string of the molecule is CCC(=O)N1c2ccccc2C[C@@H]1C(=O)NCCCN1CCC(N2CCCCC2)CC1. The summed E-state index contributed by atoms with van der Waals surface area (Å²) in [6.45, 7) is 8.49. The van der Waals surface area contributed by atoms with E-state index >= 15 is 0 Å². The Bertz CT molecular complexity index is 754. The summed E-state index contributed by atoms with van der Waals surface area (Å²) in [5.74, 6) is -0.0107. The van der Waals surface area contributed by atoms with Crippen molar-refractivity contribution in [1.29, 1.82) is 0 Å². The first kappa shape index (κ1) is 22.3. The van der Waals surface area contributed by atoms with Crippen LogP contribution in [-0.2, 0) is 16.0 Å². The van der Waals surface area contributed by atoms with E-state index in [2.05, 4.69) is 15.1 Å². The number of anilines is 1. The van der Waals surface area contributed by atoms with Crippen LogP contribution in [0.2, 0.25) is 0 Å². The van der Waals surface area contributed by atoms with Gasteiger partial charge in [-0.1, -0.05) is 31.5 Å². The number of piperidine rings is 2. The Kier molecular flexibility index (Phi) is 7.62. The second-order valence-electron chi connectivity index (χ2n) is 9.28. The largest absolute Gasteiger partial charge is 0.354 e. The third-order valence-electron chi connectivity index (χ3n) is 7.26. The van der Waals surface area contributed by atoms with E-state index in [9.17, 15) is 9.59 Å². The molecule has 31 heavy (non-hydrogen) atoms. The molecule has 4 rings (SSSR count). The smallest absolute Gasteiger partial charge is 0.243 e. The Hall–Kier alpha value is -1.92. The van der Waals surface area contributed by atoms with Gasteiger partial charge in [0.2, 0.25) is 11.8 Å². The van der Waals surface area contributed by atoms with E-state index in [4.69, 9.17) is 0 Å². The van der Waals surface area contributed by atoms with E-state index in [1.165, 1.54) is 58.3 Å². The van der Waals surface area contributed by atoms with Crippen molar-refractivity contribution >= 4 is 17.5 Å². The van der Waals surface area contributed by atoms with Crippen LogP contribution in [0.5, 0.6) is 0 Å². The van der Waals surface area contributed by atoms with Gasteiger partial charge in [-0.05, 0) is 76.5 Å². The van der Waals surface area contributed by atoms with Crippen molar-refractivity contribution in [1.82, 2.24) is 15.1 Å². The van der Waals surface area contributed by atoms with Crippen molar-refractivity contribution in [2.24, 2.45) is 0 Å². The van der Waals surface area contributed by atoms with Gasteiger partial charge >= 0.3 is 0 Å². The number of nitrogens with one attached hydrogen (secondary N) is 1. The summed E-state index contributed by atoms with van der Waals surface area (Å²) in [5, 5.41) is 3.10. The number of para-hydroxylation sites is 1. The standard InChI is InChI=1S/C25H38N4O2/c1-2-24(30)29-22-10-5-4-9-20(22)19-23(29)25(31)26-13-8-14-27-17-11-21(12-18-27)28-15-6-3-7-16-28/h4-5,9-10,21,23H,2-3,6-8,11-19H2,1H3,(H,26,31)/t23-/m1/s1. The second kappa shape index (κ2) is 10.6. The second-order valence-corrected chi connectivity index (χ2v) is 9.28. The third kappa shape index (κ3) is 5.29. The Morgan fingerprint density at radius 3 is 2.52 bits per heavy atom. The van der Waals surface area contributed by atoms with Gasteiger partial charge in [0.25, 0.3) is 0 Å². The molecule has 0 radical (unpaired) electrons. The summed E-state index contributed by atoms with van der Waals surface area (Å²) < 4.78 is 0. The summed E-state index contributed by atoms with van der Waals surface area (Å²) >= 11 is 0. The molecule has 2 fully saturated rings. The maximum absolute atomic E-state index is 12.9. The minimum absolute atomic E-state index is 0.0154. The first-order chi connectivity index (χ1) is 15.2. The van der Waals surface area contributed by atoms with Gasteiger partial charge in [-0.25, -0.2) is 0 Å². The van der Waals surface area contributed by atoms with Gasteiger partial charge in [0, 0.05) is 31.1 Å². The molecule has 1 aromatic rings. The van der Waals surface area contributed by atoms with Crippen LogP contribution in [0.4, 0.5) is 5.69 Å². The van der Waals surface area contributed by atoms with Crippen LogP contribution >= 0.6 is 0 Å². The van der Waals surface area contributed by atoms with E-state index in [1.54, 1.807) is 4.90 Å². The fourth-order valence-corrected chi connectivity index (χ4v) is 5.50. The van der Waals surface area contributed by atoms with Crippen molar-refractivity contribution in [3.05, 3.63) is 29.8 Å². The molecule has 6 nitrogen and oxygen atoms in total. The van der Waals surface area contributed by atoms with E-state index < -0.39 is 6.04 Å². The molecule has 1 N–H and O–H groups in total. The van der Waals surface area contributed by atoms with Gasteiger partial charge in [-0.15, -0.1) is 0 Å². The van der Waals surface area contributed by atoms with Crippen LogP contribution < -0.4 is 10.2 Å².